The zero-order chi connectivity index (χ0) is 14.5. The monoisotopic (exact) mass is 337 g/mol. The highest BCUT2D eigenvalue weighted by atomic mass is 79.9. The Morgan fingerprint density at radius 3 is 2.70 bits per heavy atom. The van der Waals surface area contributed by atoms with Gasteiger partial charge in [-0.3, -0.25) is 0 Å². The van der Waals surface area contributed by atoms with Crippen LogP contribution in [0.4, 0.5) is 11.9 Å². The average molecular weight is 338 g/mol. The molecule has 1 heterocycles. The second-order valence-corrected chi connectivity index (χ2v) is 5.22. The molecule has 0 saturated heterocycles. The molecule has 0 fully saturated rings. The molecule has 2 aromatic rings. The van der Waals surface area contributed by atoms with E-state index >= 15 is 0 Å². The molecule has 1 N–H and O–H groups in total. The predicted molar refractivity (Wildman–Crippen MR) is 82.2 cm³/mol. The molecule has 0 spiro atoms. The summed E-state index contributed by atoms with van der Waals surface area (Å²) < 4.78 is 6.64. The van der Waals surface area contributed by atoms with Crippen LogP contribution in [0.5, 0.6) is 6.01 Å². The molecular weight excluding hydrogens is 322 g/mol. The molecule has 106 valence electrons. The van der Waals surface area contributed by atoms with Gasteiger partial charge in [-0.1, -0.05) is 28.1 Å². The van der Waals surface area contributed by atoms with Gasteiger partial charge in [0.2, 0.25) is 11.9 Å². The van der Waals surface area contributed by atoms with E-state index in [9.17, 15) is 0 Å². The van der Waals surface area contributed by atoms with Crippen molar-refractivity contribution in [3.63, 3.8) is 0 Å². The van der Waals surface area contributed by atoms with Crippen LogP contribution in [0.2, 0.25) is 0 Å². The first-order valence-corrected chi connectivity index (χ1v) is 6.86. The van der Waals surface area contributed by atoms with Crippen LogP contribution in [0.1, 0.15) is 5.56 Å². The van der Waals surface area contributed by atoms with Gasteiger partial charge >= 0.3 is 6.01 Å². The van der Waals surface area contributed by atoms with Gasteiger partial charge in [-0.25, -0.2) is 0 Å². The van der Waals surface area contributed by atoms with Crippen molar-refractivity contribution >= 4 is 27.8 Å². The minimum atomic E-state index is 0.299. The number of halogens is 1. The Kier molecular flexibility index (Phi) is 4.73. The van der Waals surface area contributed by atoms with E-state index in [1.54, 1.807) is 11.9 Å². The number of anilines is 2. The lowest BCUT2D eigenvalue weighted by Gasteiger charge is -2.12. The molecular formula is C13H16BrN5O. The van der Waals surface area contributed by atoms with Gasteiger partial charge in [0, 0.05) is 25.6 Å². The molecule has 0 radical (unpaired) electrons. The maximum Gasteiger partial charge on any atom is 0.323 e. The molecule has 7 heteroatoms. The fourth-order valence-electron chi connectivity index (χ4n) is 1.50. The van der Waals surface area contributed by atoms with Crippen molar-refractivity contribution in [1.29, 1.82) is 0 Å². The minimum absolute atomic E-state index is 0.299. The van der Waals surface area contributed by atoms with Crippen LogP contribution in [-0.4, -0.2) is 36.1 Å². The average Bonchev–Trinajstić information content (AvgIpc) is 2.45. The molecule has 0 aliphatic carbocycles. The zero-order valence-corrected chi connectivity index (χ0v) is 13.2. The summed E-state index contributed by atoms with van der Waals surface area (Å²) in [5.41, 5.74) is 1.04. The maximum absolute atomic E-state index is 5.63. The Hall–Kier alpha value is -1.89. The van der Waals surface area contributed by atoms with E-state index in [2.05, 4.69) is 36.2 Å². The third-order valence-corrected chi connectivity index (χ3v) is 2.98. The Bertz CT molecular complexity index is 591. The molecule has 0 aliphatic heterocycles. The summed E-state index contributed by atoms with van der Waals surface area (Å²) in [4.78, 5) is 14.5. The van der Waals surface area contributed by atoms with Gasteiger partial charge in [0.15, 0.2) is 0 Å². The van der Waals surface area contributed by atoms with E-state index in [1.165, 1.54) is 0 Å². The second kappa shape index (κ2) is 6.51. The van der Waals surface area contributed by atoms with E-state index in [1.807, 2.05) is 38.4 Å². The number of ether oxygens (including phenoxy) is 1. The number of nitrogens with zero attached hydrogens (tertiary/aromatic N) is 4. The van der Waals surface area contributed by atoms with Crippen molar-refractivity contribution in [1.82, 2.24) is 15.0 Å². The Labute approximate surface area is 126 Å². The van der Waals surface area contributed by atoms with Crippen molar-refractivity contribution < 1.29 is 4.74 Å². The molecule has 0 unspecified atom stereocenters. The van der Waals surface area contributed by atoms with Crippen LogP contribution in [0.3, 0.4) is 0 Å². The van der Waals surface area contributed by atoms with Crippen LogP contribution in [0.25, 0.3) is 0 Å². The normalized spacial score (nSPS) is 10.2. The first kappa shape index (κ1) is 14.5. The lowest BCUT2D eigenvalue weighted by molar-refractivity contribution is 0.280. The van der Waals surface area contributed by atoms with Crippen LogP contribution >= 0.6 is 15.9 Å². The highest BCUT2D eigenvalue weighted by Gasteiger charge is 2.08. The van der Waals surface area contributed by atoms with Crippen molar-refractivity contribution in [2.75, 3.05) is 31.4 Å². The van der Waals surface area contributed by atoms with Gasteiger partial charge in [-0.05, 0) is 17.7 Å². The maximum atomic E-state index is 5.63. The largest absolute Gasteiger partial charge is 0.458 e. The quantitative estimate of drug-likeness (QED) is 0.903. The molecule has 2 rings (SSSR count). The number of hydrogen-bond acceptors (Lipinski definition) is 6. The molecule has 1 aromatic heterocycles. The topological polar surface area (TPSA) is 63.2 Å². The van der Waals surface area contributed by atoms with E-state index in [4.69, 9.17) is 4.74 Å². The van der Waals surface area contributed by atoms with E-state index < -0.39 is 0 Å². The number of rotatable bonds is 5. The molecule has 6 nitrogen and oxygen atoms in total. The summed E-state index contributed by atoms with van der Waals surface area (Å²) in [6, 6.07) is 8.20. The minimum Gasteiger partial charge on any atom is -0.458 e. The molecule has 20 heavy (non-hydrogen) atoms. The van der Waals surface area contributed by atoms with Gasteiger partial charge in [0.05, 0.1) is 0 Å². The Morgan fingerprint density at radius 2 is 2.05 bits per heavy atom. The van der Waals surface area contributed by atoms with Crippen molar-refractivity contribution in [3.8, 4) is 6.01 Å². The van der Waals surface area contributed by atoms with Gasteiger partial charge < -0.3 is 15.0 Å². The van der Waals surface area contributed by atoms with Crippen LogP contribution in [0, 0.1) is 0 Å². The van der Waals surface area contributed by atoms with Gasteiger partial charge in [0.25, 0.3) is 0 Å². The first-order chi connectivity index (χ1) is 9.58. The van der Waals surface area contributed by atoms with E-state index in [0.29, 0.717) is 24.5 Å². The molecule has 0 amide bonds. The van der Waals surface area contributed by atoms with Gasteiger partial charge in [0.1, 0.15) is 6.61 Å². The Balaban J connectivity index is 2.14. The fraction of sp³-hybridized carbons (Fsp3) is 0.308. The van der Waals surface area contributed by atoms with Crippen LogP contribution in [-0.2, 0) is 6.61 Å². The third-order valence-electron chi connectivity index (χ3n) is 2.48. The van der Waals surface area contributed by atoms with Crippen molar-refractivity contribution in [3.05, 3.63) is 34.3 Å². The second-order valence-electron chi connectivity index (χ2n) is 4.30. The highest BCUT2D eigenvalue weighted by molar-refractivity contribution is 9.10. The summed E-state index contributed by atoms with van der Waals surface area (Å²) in [7, 11) is 5.49. The molecule has 0 aliphatic rings. The highest BCUT2D eigenvalue weighted by Crippen LogP contribution is 2.16. The summed E-state index contributed by atoms with van der Waals surface area (Å²) >= 11 is 3.43. The molecule has 1 aromatic carbocycles. The van der Waals surface area contributed by atoms with E-state index in [-0.39, 0.29) is 0 Å². The summed E-state index contributed by atoms with van der Waals surface area (Å²) in [5, 5.41) is 2.89. The number of benzene rings is 1. The standard InChI is InChI=1S/C13H16BrN5O/c1-15-11-16-12(19(2)3)18-13(17-11)20-8-9-5-4-6-10(14)7-9/h4-7H,8H2,1-3H3,(H,15,16,17,18). The third kappa shape index (κ3) is 3.80. The van der Waals surface area contributed by atoms with Crippen LogP contribution < -0.4 is 15.0 Å². The SMILES string of the molecule is CNc1nc(OCc2cccc(Br)c2)nc(N(C)C)n1. The van der Waals surface area contributed by atoms with Gasteiger partial charge in [-0.15, -0.1) is 0 Å². The smallest absolute Gasteiger partial charge is 0.323 e. The summed E-state index contributed by atoms with van der Waals surface area (Å²) in [6.07, 6.45) is 0. The predicted octanol–water partition coefficient (Wildman–Crippen LogP) is 2.32. The van der Waals surface area contributed by atoms with Crippen molar-refractivity contribution in [2.45, 2.75) is 6.61 Å². The summed E-state index contributed by atoms with van der Waals surface area (Å²) in [6.45, 7) is 0.402. The molecule has 0 atom stereocenters. The van der Waals surface area contributed by atoms with Gasteiger partial charge in [-0.2, -0.15) is 15.0 Å². The fourth-order valence-corrected chi connectivity index (χ4v) is 1.94. The van der Waals surface area contributed by atoms with Crippen molar-refractivity contribution in [2.24, 2.45) is 0 Å². The molecule has 0 bridgehead atoms. The van der Waals surface area contributed by atoms with E-state index in [0.717, 1.165) is 10.0 Å². The molecule has 0 saturated carbocycles. The lowest BCUT2D eigenvalue weighted by Crippen LogP contribution is -2.15. The summed E-state index contributed by atoms with van der Waals surface area (Å²) in [5.74, 6) is 1.03. The number of nitrogens with one attached hydrogen (secondary N) is 1. The number of aromatic nitrogens is 3. The zero-order valence-electron chi connectivity index (χ0n) is 11.6. The Morgan fingerprint density at radius 1 is 1.25 bits per heavy atom. The number of hydrogen-bond donors (Lipinski definition) is 1. The lowest BCUT2D eigenvalue weighted by atomic mass is 10.2. The first-order valence-electron chi connectivity index (χ1n) is 6.07. The van der Waals surface area contributed by atoms with Crippen LogP contribution in [0.15, 0.2) is 28.7 Å².